The quantitative estimate of drug-likeness (QED) is 0.509. The number of anilines is 1. The molecule has 0 bridgehead atoms. The van der Waals surface area contributed by atoms with E-state index < -0.39 is 17.7 Å². The molecule has 0 aliphatic carbocycles. The van der Waals surface area contributed by atoms with Crippen LogP contribution in [-0.2, 0) is 4.74 Å². The van der Waals surface area contributed by atoms with Crippen molar-refractivity contribution < 1.29 is 23.5 Å². The number of thiophene rings is 1. The number of hydrogen-bond donors (Lipinski definition) is 2. The number of nitrogens with one attached hydrogen (secondary N) is 2. The number of hydrogen-bond acceptors (Lipinski definition) is 5. The Balaban J connectivity index is 2.37. The molecule has 2 amide bonds. The van der Waals surface area contributed by atoms with Gasteiger partial charge in [-0.15, -0.1) is 11.3 Å². The monoisotopic (exact) mass is 406 g/mol. The van der Waals surface area contributed by atoms with E-state index >= 15 is 0 Å². The first-order chi connectivity index (χ1) is 13.4. The van der Waals surface area contributed by atoms with Gasteiger partial charge in [-0.2, -0.15) is 0 Å². The molecule has 0 radical (unpaired) electrons. The Bertz CT molecular complexity index is 879. The standard InChI is InChI=1S/C20H23FN2O4S/c1-4-6-11-22-18(25)16-12(3)15(20(26)27-5-2)19(28-16)23-17(24)13-9-7-8-10-14(13)21/h7-10H,4-6,11H2,1-3H3,(H,22,25)(H,23,24). The van der Waals surface area contributed by atoms with E-state index in [0.717, 1.165) is 24.2 Å². The summed E-state index contributed by atoms with van der Waals surface area (Å²) >= 11 is 0.968. The summed E-state index contributed by atoms with van der Waals surface area (Å²) in [6.45, 7) is 5.95. The second-order valence-corrected chi connectivity index (χ2v) is 7.04. The highest BCUT2D eigenvalue weighted by atomic mass is 32.1. The minimum absolute atomic E-state index is 0.109. The van der Waals surface area contributed by atoms with Crippen LogP contribution in [0.4, 0.5) is 9.39 Å². The van der Waals surface area contributed by atoms with Crippen LogP contribution < -0.4 is 10.6 Å². The first-order valence-electron chi connectivity index (χ1n) is 9.05. The van der Waals surface area contributed by atoms with Gasteiger partial charge in [-0.25, -0.2) is 9.18 Å². The van der Waals surface area contributed by atoms with Gasteiger partial charge < -0.3 is 15.4 Å². The van der Waals surface area contributed by atoms with E-state index in [2.05, 4.69) is 10.6 Å². The highest BCUT2D eigenvalue weighted by Gasteiger charge is 2.27. The first-order valence-corrected chi connectivity index (χ1v) is 9.86. The van der Waals surface area contributed by atoms with Crippen LogP contribution in [0.3, 0.4) is 0 Å². The van der Waals surface area contributed by atoms with Crippen LogP contribution in [0.25, 0.3) is 0 Å². The normalized spacial score (nSPS) is 10.4. The molecular weight excluding hydrogens is 383 g/mol. The van der Waals surface area contributed by atoms with Crippen LogP contribution in [0.15, 0.2) is 24.3 Å². The average Bonchev–Trinajstić information content (AvgIpc) is 2.98. The Morgan fingerprint density at radius 2 is 1.86 bits per heavy atom. The molecule has 0 spiro atoms. The number of esters is 1. The van der Waals surface area contributed by atoms with Gasteiger partial charge in [0.15, 0.2) is 0 Å². The lowest BCUT2D eigenvalue weighted by atomic mass is 10.1. The van der Waals surface area contributed by atoms with E-state index in [1.165, 1.54) is 24.3 Å². The average molecular weight is 406 g/mol. The summed E-state index contributed by atoms with van der Waals surface area (Å²) in [6, 6.07) is 5.53. The molecule has 28 heavy (non-hydrogen) atoms. The minimum atomic E-state index is -0.706. The maximum atomic E-state index is 13.9. The van der Waals surface area contributed by atoms with Gasteiger partial charge in [-0.3, -0.25) is 9.59 Å². The number of unbranched alkanes of at least 4 members (excludes halogenated alkanes) is 1. The number of halogens is 1. The maximum Gasteiger partial charge on any atom is 0.341 e. The Labute approximate surface area is 167 Å². The Hall–Kier alpha value is -2.74. The van der Waals surface area contributed by atoms with E-state index in [1.807, 2.05) is 6.92 Å². The summed E-state index contributed by atoms with van der Waals surface area (Å²) in [7, 11) is 0. The number of carbonyl (C=O) groups is 3. The zero-order chi connectivity index (χ0) is 20.7. The van der Waals surface area contributed by atoms with Crippen LogP contribution in [0, 0.1) is 12.7 Å². The van der Waals surface area contributed by atoms with Gasteiger partial charge >= 0.3 is 5.97 Å². The molecule has 0 fully saturated rings. The summed E-state index contributed by atoms with van der Waals surface area (Å²) in [5.74, 6) is -2.35. The Kier molecular flexibility index (Phi) is 7.69. The van der Waals surface area contributed by atoms with Crippen LogP contribution in [0.2, 0.25) is 0 Å². The number of ether oxygens (including phenoxy) is 1. The van der Waals surface area contributed by atoms with Crippen molar-refractivity contribution in [1.29, 1.82) is 0 Å². The molecule has 6 nitrogen and oxygen atoms in total. The molecule has 1 aromatic heterocycles. The van der Waals surface area contributed by atoms with Crippen LogP contribution in [0.5, 0.6) is 0 Å². The lowest BCUT2D eigenvalue weighted by Gasteiger charge is -2.07. The van der Waals surface area contributed by atoms with Crippen LogP contribution in [0.1, 0.15) is 62.6 Å². The van der Waals surface area contributed by atoms with Crippen molar-refractivity contribution in [3.63, 3.8) is 0 Å². The third-order valence-corrected chi connectivity index (χ3v) is 5.20. The predicted molar refractivity (Wildman–Crippen MR) is 107 cm³/mol. The third-order valence-electron chi connectivity index (χ3n) is 3.99. The van der Waals surface area contributed by atoms with Crippen molar-refractivity contribution in [3.8, 4) is 0 Å². The molecule has 2 rings (SSSR count). The van der Waals surface area contributed by atoms with Gasteiger partial charge in [0.05, 0.1) is 22.6 Å². The Morgan fingerprint density at radius 1 is 1.14 bits per heavy atom. The number of carbonyl (C=O) groups excluding carboxylic acids is 3. The highest BCUT2D eigenvalue weighted by Crippen LogP contribution is 2.34. The predicted octanol–water partition coefficient (Wildman–Crippen LogP) is 4.15. The van der Waals surface area contributed by atoms with Crippen molar-refractivity contribution in [1.82, 2.24) is 5.32 Å². The fourth-order valence-electron chi connectivity index (χ4n) is 2.54. The van der Waals surface area contributed by atoms with Gasteiger partial charge in [0.25, 0.3) is 11.8 Å². The number of amides is 2. The van der Waals surface area contributed by atoms with E-state index in [9.17, 15) is 18.8 Å². The van der Waals surface area contributed by atoms with Crippen molar-refractivity contribution in [2.45, 2.75) is 33.6 Å². The van der Waals surface area contributed by atoms with E-state index in [1.54, 1.807) is 13.8 Å². The van der Waals surface area contributed by atoms with Crippen molar-refractivity contribution >= 4 is 34.1 Å². The summed E-state index contributed by atoms with van der Waals surface area (Å²) in [6.07, 6.45) is 1.76. The molecule has 150 valence electrons. The third kappa shape index (κ3) is 4.95. The van der Waals surface area contributed by atoms with Crippen molar-refractivity contribution in [3.05, 3.63) is 51.7 Å². The fourth-order valence-corrected chi connectivity index (χ4v) is 3.65. The SMILES string of the molecule is CCCCNC(=O)c1sc(NC(=O)c2ccccc2F)c(C(=O)OCC)c1C. The molecule has 0 saturated heterocycles. The fraction of sp³-hybridized carbons (Fsp3) is 0.350. The molecule has 8 heteroatoms. The first kappa shape index (κ1) is 21.6. The molecule has 2 N–H and O–H groups in total. The molecule has 2 aromatic rings. The maximum absolute atomic E-state index is 13.9. The zero-order valence-corrected chi connectivity index (χ0v) is 16.9. The van der Waals surface area contributed by atoms with E-state index in [-0.39, 0.29) is 28.6 Å². The molecule has 0 aliphatic rings. The molecule has 0 unspecified atom stereocenters. The molecule has 0 aliphatic heterocycles. The lowest BCUT2D eigenvalue weighted by molar-refractivity contribution is 0.0527. The molecule has 1 heterocycles. The molecule has 0 saturated carbocycles. The largest absolute Gasteiger partial charge is 0.462 e. The van der Waals surface area contributed by atoms with Crippen LogP contribution in [-0.4, -0.2) is 30.9 Å². The van der Waals surface area contributed by atoms with Crippen molar-refractivity contribution in [2.75, 3.05) is 18.5 Å². The topological polar surface area (TPSA) is 84.5 Å². The second kappa shape index (κ2) is 9.98. The summed E-state index contributed by atoms with van der Waals surface area (Å²) < 4.78 is 19.0. The van der Waals surface area contributed by atoms with Crippen LogP contribution >= 0.6 is 11.3 Å². The van der Waals surface area contributed by atoms with E-state index in [0.29, 0.717) is 17.0 Å². The smallest absolute Gasteiger partial charge is 0.341 e. The zero-order valence-electron chi connectivity index (χ0n) is 16.1. The van der Waals surface area contributed by atoms with Gasteiger partial charge in [0.2, 0.25) is 0 Å². The van der Waals surface area contributed by atoms with E-state index in [4.69, 9.17) is 4.74 Å². The summed E-state index contributed by atoms with van der Waals surface area (Å²) in [5, 5.41) is 5.50. The number of rotatable bonds is 8. The molecular formula is C20H23FN2O4S. The summed E-state index contributed by atoms with van der Waals surface area (Å²) in [5.41, 5.74) is 0.371. The lowest BCUT2D eigenvalue weighted by Crippen LogP contribution is -2.24. The van der Waals surface area contributed by atoms with Gasteiger partial charge in [0, 0.05) is 6.54 Å². The minimum Gasteiger partial charge on any atom is -0.462 e. The summed E-state index contributed by atoms with van der Waals surface area (Å²) in [4.78, 5) is 37.6. The Morgan fingerprint density at radius 3 is 2.50 bits per heavy atom. The van der Waals surface area contributed by atoms with Gasteiger partial charge in [-0.05, 0) is 38.0 Å². The molecule has 1 aromatic carbocycles. The molecule has 0 atom stereocenters. The number of benzene rings is 1. The van der Waals surface area contributed by atoms with Gasteiger partial charge in [0.1, 0.15) is 10.8 Å². The second-order valence-electron chi connectivity index (χ2n) is 6.02. The highest BCUT2D eigenvalue weighted by molar-refractivity contribution is 7.18. The van der Waals surface area contributed by atoms with Crippen molar-refractivity contribution in [2.24, 2.45) is 0 Å². The van der Waals surface area contributed by atoms with Gasteiger partial charge in [-0.1, -0.05) is 25.5 Å².